The fourth-order valence-electron chi connectivity index (χ4n) is 11.8. The molecule has 0 aromatic rings. The first-order valence-corrected chi connectivity index (χ1v) is 37.0. The molecule has 0 rings (SSSR count). The zero-order valence-electron chi connectivity index (χ0n) is 54.9. The summed E-state index contributed by atoms with van der Waals surface area (Å²) in [4.78, 5) is 38.4. The van der Waals surface area contributed by atoms with Gasteiger partial charge in [0.2, 0.25) is 0 Å². The molecule has 1 unspecified atom stereocenters. The van der Waals surface area contributed by atoms with Crippen molar-refractivity contribution in [3.05, 3.63) is 0 Å². The average Bonchev–Trinajstić information content (AvgIpc) is 3.46. The lowest BCUT2D eigenvalue weighted by molar-refractivity contribution is -0.167. The Morgan fingerprint density at radius 2 is 0.338 bits per heavy atom. The number of ether oxygens (including phenoxy) is 3. The molecule has 0 aromatic heterocycles. The molecule has 0 heterocycles. The summed E-state index contributed by atoms with van der Waals surface area (Å²) in [5.74, 6) is -0.818. The van der Waals surface area contributed by atoms with Crippen LogP contribution in [-0.2, 0) is 28.6 Å². The molecule has 0 spiro atoms. The Bertz CT molecular complexity index is 1200. The predicted molar refractivity (Wildman–Crippen MR) is 349 cm³/mol. The maximum Gasteiger partial charge on any atom is 0.306 e. The van der Waals surface area contributed by atoms with E-state index in [-0.39, 0.29) is 31.1 Å². The van der Waals surface area contributed by atoms with Gasteiger partial charge in [-0.15, -0.1) is 0 Å². The first kappa shape index (κ1) is 78.4. The van der Waals surface area contributed by atoms with Crippen LogP contribution >= 0.6 is 0 Å². The van der Waals surface area contributed by atoms with Gasteiger partial charge in [0.25, 0.3) is 0 Å². The molecule has 0 aliphatic carbocycles. The van der Waals surface area contributed by atoms with Crippen LogP contribution in [0.4, 0.5) is 0 Å². The third kappa shape index (κ3) is 67.2. The number of hydrogen-bond donors (Lipinski definition) is 0. The Hall–Kier alpha value is -1.59. The largest absolute Gasteiger partial charge is 0.462 e. The van der Waals surface area contributed by atoms with E-state index in [1.54, 1.807) is 0 Å². The van der Waals surface area contributed by atoms with Gasteiger partial charge in [-0.3, -0.25) is 14.4 Å². The standard InChI is InChI=1S/C74H144O6/c1-4-7-10-13-16-19-22-25-28-30-31-32-33-34-35-36-37-38-39-40-41-42-44-46-49-52-55-58-61-64-67-73(76)79-70-71(69-78-72(75)66-63-60-57-54-51-48-45-27-24-21-18-15-12-9-6-3)80-74(77)68-65-62-59-56-53-50-47-43-29-26-23-20-17-14-11-8-5-2/h71H,4-70H2,1-3H3. The lowest BCUT2D eigenvalue weighted by Crippen LogP contribution is -2.30. The maximum atomic E-state index is 12.9. The van der Waals surface area contributed by atoms with Gasteiger partial charge in [-0.25, -0.2) is 0 Å². The SMILES string of the molecule is CCCCCCCCCCCCCCCCCCCCCCCCCCCCCCCCC(=O)OCC(COC(=O)CCCCCCCCCCCCCCCCC)OC(=O)CCCCCCCCCCCCCCCCCCC. The highest BCUT2D eigenvalue weighted by molar-refractivity contribution is 5.71. The smallest absolute Gasteiger partial charge is 0.306 e. The quantitative estimate of drug-likeness (QED) is 0.0343. The summed E-state index contributed by atoms with van der Waals surface area (Å²) >= 11 is 0. The van der Waals surface area contributed by atoms with Gasteiger partial charge < -0.3 is 14.2 Å². The highest BCUT2D eigenvalue weighted by Gasteiger charge is 2.20. The van der Waals surface area contributed by atoms with Crippen LogP contribution in [0.1, 0.15) is 438 Å². The monoisotopic (exact) mass is 1130 g/mol. The van der Waals surface area contributed by atoms with E-state index in [1.807, 2.05) is 0 Å². The van der Waals surface area contributed by atoms with Crippen molar-refractivity contribution in [1.29, 1.82) is 0 Å². The molecule has 0 aromatic carbocycles. The van der Waals surface area contributed by atoms with Crippen LogP contribution in [0.3, 0.4) is 0 Å². The fraction of sp³-hybridized carbons (Fsp3) is 0.959. The summed E-state index contributed by atoms with van der Waals surface area (Å²) in [5.41, 5.74) is 0. The van der Waals surface area contributed by atoms with Gasteiger partial charge in [0.15, 0.2) is 6.10 Å². The second kappa shape index (κ2) is 69.9. The van der Waals surface area contributed by atoms with E-state index >= 15 is 0 Å². The molecule has 0 aliphatic heterocycles. The molecule has 0 fully saturated rings. The van der Waals surface area contributed by atoms with Crippen LogP contribution < -0.4 is 0 Å². The van der Waals surface area contributed by atoms with Gasteiger partial charge in [0.05, 0.1) is 0 Å². The van der Waals surface area contributed by atoms with E-state index < -0.39 is 6.10 Å². The minimum absolute atomic E-state index is 0.0601. The molecule has 6 nitrogen and oxygen atoms in total. The lowest BCUT2D eigenvalue weighted by Gasteiger charge is -2.18. The molecule has 0 saturated heterocycles. The average molecular weight is 1130 g/mol. The van der Waals surface area contributed by atoms with Crippen LogP contribution in [0.25, 0.3) is 0 Å². The van der Waals surface area contributed by atoms with Gasteiger partial charge in [0.1, 0.15) is 13.2 Å². The minimum atomic E-state index is -0.763. The van der Waals surface area contributed by atoms with Gasteiger partial charge in [0, 0.05) is 19.3 Å². The number of carbonyl (C=O) groups is 3. The van der Waals surface area contributed by atoms with Crippen molar-refractivity contribution in [2.75, 3.05) is 13.2 Å². The highest BCUT2D eigenvalue weighted by Crippen LogP contribution is 2.20. The van der Waals surface area contributed by atoms with Crippen molar-refractivity contribution in [2.24, 2.45) is 0 Å². The number of carbonyl (C=O) groups excluding carboxylic acids is 3. The first-order valence-electron chi connectivity index (χ1n) is 37.0. The third-order valence-corrected chi connectivity index (χ3v) is 17.4. The van der Waals surface area contributed by atoms with Crippen molar-refractivity contribution < 1.29 is 28.6 Å². The van der Waals surface area contributed by atoms with Crippen LogP contribution in [0.15, 0.2) is 0 Å². The van der Waals surface area contributed by atoms with E-state index in [1.165, 1.54) is 340 Å². The third-order valence-electron chi connectivity index (χ3n) is 17.4. The summed E-state index contributed by atoms with van der Waals surface area (Å²) in [6.45, 7) is 6.75. The van der Waals surface area contributed by atoms with Crippen molar-refractivity contribution in [1.82, 2.24) is 0 Å². The van der Waals surface area contributed by atoms with Gasteiger partial charge >= 0.3 is 17.9 Å². The number of hydrogen-bond acceptors (Lipinski definition) is 6. The maximum absolute atomic E-state index is 12.9. The second-order valence-corrected chi connectivity index (χ2v) is 25.6. The molecule has 0 N–H and O–H groups in total. The van der Waals surface area contributed by atoms with Gasteiger partial charge in [-0.2, -0.15) is 0 Å². The van der Waals surface area contributed by atoms with Crippen LogP contribution in [0.5, 0.6) is 0 Å². The van der Waals surface area contributed by atoms with Crippen LogP contribution in [0, 0.1) is 0 Å². The predicted octanol–water partition coefficient (Wildman–Crippen LogP) is 25.4. The Kier molecular flexibility index (Phi) is 68.5. The fourth-order valence-corrected chi connectivity index (χ4v) is 11.8. The summed E-state index contributed by atoms with van der Waals surface area (Å²) < 4.78 is 17.0. The van der Waals surface area contributed by atoms with Crippen molar-refractivity contribution in [3.63, 3.8) is 0 Å². The van der Waals surface area contributed by atoms with Gasteiger partial charge in [-0.1, -0.05) is 400 Å². The number of rotatable bonds is 70. The van der Waals surface area contributed by atoms with Crippen LogP contribution in [-0.4, -0.2) is 37.2 Å². The molecular weight excluding hydrogens is 985 g/mol. The number of unbranched alkanes of at least 4 members (excludes halogenated alkanes) is 59. The molecule has 80 heavy (non-hydrogen) atoms. The summed E-state index contributed by atoms with van der Waals surface area (Å²) in [7, 11) is 0. The molecule has 476 valence electrons. The summed E-state index contributed by atoms with van der Waals surface area (Å²) in [6, 6.07) is 0. The van der Waals surface area contributed by atoms with E-state index in [4.69, 9.17) is 14.2 Å². The van der Waals surface area contributed by atoms with E-state index in [0.29, 0.717) is 19.3 Å². The molecule has 0 aliphatic rings. The van der Waals surface area contributed by atoms with Crippen molar-refractivity contribution in [2.45, 2.75) is 444 Å². The summed E-state index contributed by atoms with van der Waals surface area (Å²) in [5, 5.41) is 0. The molecule has 0 radical (unpaired) electrons. The molecule has 1 atom stereocenters. The Morgan fingerprint density at radius 1 is 0.200 bits per heavy atom. The van der Waals surface area contributed by atoms with E-state index in [0.717, 1.165) is 57.8 Å². The number of esters is 3. The molecule has 6 heteroatoms. The zero-order valence-corrected chi connectivity index (χ0v) is 54.9. The molecule has 0 amide bonds. The van der Waals surface area contributed by atoms with Crippen molar-refractivity contribution in [3.8, 4) is 0 Å². The van der Waals surface area contributed by atoms with Gasteiger partial charge in [-0.05, 0) is 19.3 Å². The first-order chi connectivity index (χ1) is 39.5. The molecule has 0 saturated carbocycles. The van der Waals surface area contributed by atoms with E-state index in [2.05, 4.69) is 20.8 Å². The van der Waals surface area contributed by atoms with E-state index in [9.17, 15) is 14.4 Å². The second-order valence-electron chi connectivity index (χ2n) is 25.6. The Balaban J connectivity index is 4.13. The molecular formula is C74H144O6. The van der Waals surface area contributed by atoms with Crippen LogP contribution in [0.2, 0.25) is 0 Å². The molecule has 0 bridgehead atoms. The minimum Gasteiger partial charge on any atom is -0.462 e. The Labute approximate surface area is 501 Å². The zero-order chi connectivity index (χ0) is 57.8. The Morgan fingerprint density at radius 3 is 0.500 bits per heavy atom. The van der Waals surface area contributed by atoms with Crippen molar-refractivity contribution >= 4 is 17.9 Å². The normalized spacial score (nSPS) is 11.9. The lowest BCUT2D eigenvalue weighted by atomic mass is 10.0. The summed E-state index contributed by atoms with van der Waals surface area (Å²) in [6.07, 6.45) is 82.9. The highest BCUT2D eigenvalue weighted by atomic mass is 16.6. The topological polar surface area (TPSA) is 78.9 Å².